The normalized spacial score (nSPS) is 12.7. The zero-order valence-electron chi connectivity index (χ0n) is 14.4. The Hall–Kier alpha value is -2.67. The highest BCUT2D eigenvalue weighted by atomic mass is 16.5. The minimum Gasteiger partial charge on any atom is -0.489 e. The molecule has 0 saturated heterocycles. The molecule has 0 amide bonds. The summed E-state index contributed by atoms with van der Waals surface area (Å²) in [5, 5.41) is 4.98. The summed E-state index contributed by atoms with van der Waals surface area (Å²) >= 11 is 0. The predicted octanol–water partition coefficient (Wildman–Crippen LogP) is 1.94. The minimum absolute atomic E-state index is 0.00644. The number of benzene rings is 1. The maximum atomic E-state index is 6.16. The van der Waals surface area contributed by atoms with Gasteiger partial charge in [-0.1, -0.05) is 0 Å². The van der Waals surface area contributed by atoms with Crippen molar-refractivity contribution in [2.75, 3.05) is 26.4 Å². The summed E-state index contributed by atoms with van der Waals surface area (Å²) in [6.45, 7) is 2.83. The van der Waals surface area contributed by atoms with E-state index in [2.05, 4.69) is 20.0 Å². The van der Waals surface area contributed by atoms with Gasteiger partial charge in [-0.05, 0) is 38.7 Å². The maximum Gasteiger partial charge on any atom is 0.138 e. The third-order valence-corrected chi connectivity index (χ3v) is 3.72. The highest BCUT2D eigenvalue weighted by Gasteiger charge is 2.15. The van der Waals surface area contributed by atoms with Crippen molar-refractivity contribution in [2.45, 2.75) is 13.0 Å². The van der Waals surface area contributed by atoms with Gasteiger partial charge in [-0.25, -0.2) is 9.97 Å². The molecule has 1 atom stereocenters. The molecule has 3 rings (SSSR count). The van der Waals surface area contributed by atoms with Gasteiger partial charge in [-0.15, -0.1) is 0 Å². The molecule has 24 heavy (non-hydrogen) atoms. The molecule has 7 heteroatoms. The van der Waals surface area contributed by atoms with Crippen molar-refractivity contribution in [2.24, 2.45) is 7.05 Å². The molecule has 0 spiro atoms. The van der Waals surface area contributed by atoms with E-state index in [0.717, 1.165) is 28.6 Å². The van der Waals surface area contributed by atoms with Crippen LogP contribution in [0.4, 0.5) is 5.82 Å². The Kier molecular flexibility index (Phi) is 4.35. The van der Waals surface area contributed by atoms with Gasteiger partial charge >= 0.3 is 0 Å². The second-order valence-electron chi connectivity index (χ2n) is 6.22. The van der Waals surface area contributed by atoms with Gasteiger partial charge in [-0.2, -0.15) is 5.10 Å². The van der Waals surface area contributed by atoms with Gasteiger partial charge in [0.2, 0.25) is 0 Å². The van der Waals surface area contributed by atoms with E-state index in [4.69, 9.17) is 10.5 Å². The topological polar surface area (TPSA) is 82.1 Å². The third kappa shape index (κ3) is 3.30. The summed E-state index contributed by atoms with van der Waals surface area (Å²) in [7, 11) is 5.92. The van der Waals surface area contributed by atoms with Crippen LogP contribution in [0.3, 0.4) is 0 Å². The molecule has 2 heterocycles. The minimum atomic E-state index is 0.00644. The van der Waals surface area contributed by atoms with Crippen molar-refractivity contribution in [3.8, 4) is 16.9 Å². The van der Waals surface area contributed by atoms with Crippen molar-refractivity contribution in [3.63, 3.8) is 0 Å². The van der Waals surface area contributed by atoms with E-state index in [1.54, 1.807) is 4.68 Å². The average molecular weight is 326 g/mol. The summed E-state index contributed by atoms with van der Waals surface area (Å²) in [5.74, 6) is 1.11. The number of nitrogen functional groups attached to an aromatic ring is 1. The molecule has 7 nitrogen and oxygen atoms in total. The molecule has 1 aromatic carbocycles. The zero-order chi connectivity index (χ0) is 17.3. The number of fused-ring (bicyclic) bond motifs is 1. The summed E-state index contributed by atoms with van der Waals surface area (Å²) in [6, 6.07) is 3.96. The van der Waals surface area contributed by atoms with Gasteiger partial charge in [0.05, 0.1) is 17.1 Å². The van der Waals surface area contributed by atoms with Crippen LogP contribution in [0.25, 0.3) is 22.0 Å². The molecule has 126 valence electrons. The highest BCUT2D eigenvalue weighted by Crippen LogP contribution is 2.34. The van der Waals surface area contributed by atoms with E-state index in [0.29, 0.717) is 11.6 Å². The van der Waals surface area contributed by atoms with E-state index in [9.17, 15) is 0 Å². The SMILES string of the molecule is C[C@H](CN(C)C)Oc1cc(-c2cnn(C)c2)cc2ncnc(N)c12. The van der Waals surface area contributed by atoms with Gasteiger partial charge < -0.3 is 15.4 Å². The van der Waals surface area contributed by atoms with E-state index >= 15 is 0 Å². The van der Waals surface area contributed by atoms with Crippen LogP contribution in [0.15, 0.2) is 30.9 Å². The molecule has 0 unspecified atom stereocenters. The molecule has 2 aromatic heterocycles. The number of nitrogens with two attached hydrogens (primary N) is 1. The van der Waals surface area contributed by atoms with Crippen LogP contribution in [0, 0.1) is 0 Å². The number of anilines is 1. The molecular weight excluding hydrogens is 304 g/mol. The first-order valence-corrected chi connectivity index (χ1v) is 7.78. The van der Waals surface area contributed by atoms with E-state index in [1.165, 1.54) is 6.33 Å². The monoisotopic (exact) mass is 326 g/mol. The van der Waals surface area contributed by atoms with Crippen molar-refractivity contribution < 1.29 is 4.74 Å². The molecule has 0 saturated carbocycles. The standard InChI is InChI=1S/C17H22N6O/c1-11(8-22(2)3)24-15-6-12(13-7-21-23(4)9-13)5-14-16(15)17(18)20-10-19-14/h5-7,9-11H,8H2,1-4H3,(H2,18,19,20)/t11-/m1/s1. The zero-order valence-corrected chi connectivity index (χ0v) is 14.4. The quantitative estimate of drug-likeness (QED) is 0.771. The Morgan fingerprint density at radius 2 is 2.04 bits per heavy atom. The first-order valence-electron chi connectivity index (χ1n) is 7.78. The molecule has 2 N–H and O–H groups in total. The Morgan fingerprint density at radius 3 is 2.71 bits per heavy atom. The Labute approximate surface area is 141 Å². The van der Waals surface area contributed by atoms with Crippen LogP contribution in [0.5, 0.6) is 5.75 Å². The fourth-order valence-electron chi connectivity index (χ4n) is 2.78. The smallest absolute Gasteiger partial charge is 0.138 e. The van der Waals surface area contributed by atoms with Crippen molar-refractivity contribution >= 4 is 16.7 Å². The fraction of sp³-hybridized carbons (Fsp3) is 0.353. The number of likely N-dealkylation sites (N-methyl/N-ethyl adjacent to an activating group) is 1. The Bertz CT molecular complexity index is 857. The van der Waals surface area contributed by atoms with Crippen molar-refractivity contribution in [3.05, 3.63) is 30.9 Å². The lowest BCUT2D eigenvalue weighted by Crippen LogP contribution is -2.28. The van der Waals surface area contributed by atoms with Gasteiger partial charge in [-0.3, -0.25) is 4.68 Å². The Balaban J connectivity index is 2.10. The van der Waals surface area contributed by atoms with Crippen molar-refractivity contribution in [1.29, 1.82) is 0 Å². The van der Waals surface area contributed by atoms with E-state index < -0.39 is 0 Å². The first-order chi connectivity index (χ1) is 11.4. The molecular formula is C17H22N6O. The molecule has 0 aliphatic heterocycles. The molecule has 0 fully saturated rings. The number of rotatable bonds is 5. The van der Waals surface area contributed by atoms with Crippen LogP contribution in [0.2, 0.25) is 0 Å². The maximum absolute atomic E-state index is 6.16. The van der Waals surface area contributed by atoms with Gasteiger partial charge in [0.25, 0.3) is 0 Å². The fourth-order valence-corrected chi connectivity index (χ4v) is 2.78. The number of hydrogen-bond acceptors (Lipinski definition) is 6. The number of aromatic nitrogens is 4. The molecule has 0 aliphatic rings. The van der Waals surface area contributed by atoms with Crippen LogP contribution in [0.1, 0.15) is 6.92 Å². The van der Waals surface area contributed by atoms with Crippen LogP contribution >= 0.6 is 0 Å². The largest absolute Gasteiger partial charge is 0.489 e. The highest BCUT2D eigenvalue weighted by molar-refractivity contribution is 5.96. The van der Waals surface area contributed by atoms with Crippen LogP contribution in [-0.4, -0.2) is 51.4 Å². The summed E-state index contributed by atoms with van der Waals surface area (Å²) < 4.78 is 7.93. The molecule has 0 bridgehead atoms. The molecule has 0 aliphatic carbocycles. The van der Waals surface area contributed by atoms with Gasteiger partial charge in [0.1, 0.15) is 24.0 Å². The molecule has 3 aromatic rings. The lowest BCUT2D eigenvalue weighted by molar-refractivity contribution is 0.179. The lowest BCUT2D eigenvalue weighted by Gasteiger charge is -2.20. The number of aryl methyl sites for hydroxylation is 1. The summed E-state index contributed by atoms with van der Waals surface area (Å²) in [6.07, 6.45) is 5.25. The van der Waals surface area contributed by atoms with E-state index in [-0.39, 0.29) is 6.10 Å². The first kappa shape index (κ1) is 16.2. The van der Waals surface area contributed by atoms with Crippen LogP contribution in [-0.2, 0) is 7.05 Å². The Morgan fingerprint density at radius 1 is 1.25 bits per heavy atom. The van der Waals surface area contributed by atoms with Crippen LogP contribution < -0.4 is 10.5 Å². The van der Waals surface area contributed by atoms with Gasteiger partial charge in [0.15, 0.2) is 0 Å². The second-order valence-corrected chi connectivity index (χ2v) is 6.22. The third-order valence-electron chi connectivity index (χ3n) is 3.72. The lowest BCUT2D eigenvalue weighted by atomic mass is 10.1. The summed E-state index contributed by atoms with van der Waals surface area (Å²) in [4.78, 5) is 10.5. The average Bonchev–Trinajstić information content (AvgIpc) is 2.92. The van der Waals surface area contributed by atoms with Gasteiger partial charge in [0, 0.05) is 25.4 Å². The number of nitrogens with zero attached hydrogens (tertiary/aromatic N) is 5. The molecule has 0 radical (unpaired) electrons. The van der Waals surface area contributed by atoms with E-state index in [1.807, 2.05) is 52.6 Å². The number of hydrogen-bond donors (Lipinski definition) is 1. The summed E-state index contributed by atoms with van der Waals surface area (Å²) in [5.41, 5.74) is 8.82. The number of ether oxygens (including phenoxy) is 1. The van der Waals surface area contributed by atoms with Crippen molar-refractivity contribution in [1.82, 2.24) is 24.6 Å². The second kappa shape index (κ2) is 6.45. The predicted molar refractivity (Wildman–Crippen MR) is 94.8 cm³/mol.